The molecule has 0 bridgehead atoms. The van der Waals surface area contributed by atoms with Crippen molar-refractivity contribution in [2.24, 2.45) is 10.8 Å². The van der Waals surface area contributed by atoms with E-state index in [2.05, 4.69) is 16.0 Å². The Morgan fingerprint density at radius 3 is 2.64 bits per heavy atom. The molecule has 0 aromatic heterocycles. The van der Waals surface area contributed by atoms with Crippen LogP contribution in [0.5, 0.6) is 0 Å². The van der Waals surface area contributed by atoms with Gasteiger partial charge in [-0.2, -0.15) is 5.53 Å². The Kier molecular flexibility index (Phi) is 4.63. The quantitative estimate of drug-likeness (QED) is 0.226. The highest BCUT2D eigenvalue weighted by atomic mass is 16.3. The summed E-state index contributed by atoms with van der Waals surface area (Å²) in [7, 11) is 0. The Hall–Kier alpha value is -1.43. The van der Waals surface area contributed by atoms with Crippen molar-refractivity contribution >= 4 is 5.84 Å². The zero-order valence-electron chi connectivity index (χ0n) is 7.77. The predicted molar refractivity (Wildman–Crippen MR) is 55.1 cm³/mol. The fraction of sp³-hybridized carbons (Fsp3) is 0.222. The van der Waals surface area contributed by atoms with Gasteiger partial charge in [-0.3, -0.25) is 16.3 Å². The van der Waals surface area contributed by atoms with E-state index in [0.29, 0.717) is 12.4 Å². The highest BCUT2D eigenvalue weighted by Gasteiger charge is 1.94. The first kappa shape index (κ1) is 10.6. The molecule has 5 nitrogen and oxygen atoms in total. The standard InChI is InChI=1S/C9H14N4O/c10-13-12-9(7-14)11-6-8-4-2-1-3-5-8/h1-5,13-14H,6-7,10H2,(H,11,12). The number of aliphatic imine (C=N–C) groups is 1. The first-order chi connectivity index (χ1) is 6.86. The summed E-state index contributed by atoms with van der Waals surface area (Å²) in [5, 5.41) is 8.85. The predicted octanol–water partition coefficient (Wildman–Crippen LogP) is -0.455. The third kappa shape index (κ3) is 3.53. The van der Waals surface area contributed by atoms with Crippen molar-refractivity contribution in [3.05, 3.63) is 35.9 Å². The van der Waals surface area contributed by atoms with E-state index in [4.69, 9.17) is 10.9 Å². The third-order valence-corrected chi connectivity index (χ3v) is 1.66. The monoisotopic (exact) mass is 194 g/mol. The number of amidine groups is 1. The van der Waals surface area contributed by atoms with Gasteiger partial charge in [-0.25, -0.2) is 0 Å². The van der Waals surface area contributed by atoms with Crippen LogP contribution in [0.3, 0.4) is 0 Å². The van der Waals surface area contributed by atoms with E-state index in [9.17, 15) is 0 Å². The molecule has 0 aliphatic rings. The Labute approximate surface area is 82.6 Å². The van der Waals surface area contributed by atoms with Crippen LogP contribution >= 0.6 is 0 Å². The van der Waals surface area contributed by atoms with Gasteiger partial charge in [0.2, 0.25) is 0 Å². The van der Waals surface area contributed by atoms with E-state index in [1.165, 1.54) is 0 Å². The SMILES string of the molecule is NNNC(CO)=NCc1ccccc1. The molecule has 0 saturated carbocycles. The highest BCUT2D eigenvalue weighted by Crippen LogP contribution is 1.99. The van der Waals surface area contributed by atoms with Crippen LogP contribution in [0.1, 0.15) is 5.56 Å². The van der Waals surface area contributed by atoms with Crippen molar-refractivity contribution < 1.29 is 5.11 Å². The van der Waals surface area contributed by atoms with Crippen molar-refractivity contribution in [3.8, 4) is 0 Å². The second-order valence-corrected chi connectivity index (χ2v) is 2.68. The summed E-state index contributed by atoms with van der Waals surface area (Å²) in [6.45, 7) is 0.350. The number of nitrogens with zero attached hydrogens (tertiary/aromatic N) is 1. The van der Waals surface area contributed by atoms with Crippen LogP contribution in [-0.2, 0) is 6.54 Å². The van der Waals surface area contributed by atoms with Crippen LogP contribution in [0.2, 0.25) is 0 Å². The van der Waals surface area contributed by atoms with Gasteiger partial charge in [-0.1, -0.05) is 30.3 Å². The second kappa shape index (κ2) is 6.09. The number of aliphatic hydroxyl groups is 1. The number of aliphatic hydroxyl groups excluding tert-OH is 1. The van der Waals surface area contributed by atoms with Gasteiger partial charge in [-0.15, -0.1) is 0 Å². The van der Waals surface area contributed by atoms with Gasteiger partial charge in [-0.05, 0) is 5.56 Å². The maximum atomic E-state index is 8.85. The van der Waals surface area contributed by atoms with E-state index >= 15 is 0 Å². The molecule has 14 heavy (non-hydrogen) atoms. The van der Waals surface area contributed by atoms with Crippen LogP contribution in [0, 0.1) is 0 Å². The number of nitrogens with one attached hydrogen (secondary N) is 2. The zero-order chi connectivity index (χ0) is 10.2. The van der Waals surface area contributed by atoms with Crippen LogP contribution in [0.15, 0.2) is 35.3 Å². The fourth-order valence-electron chi connectivity index (χ4n) is 0.982. The Bertz CT molecular complexity index is 286. The molecule has 0 aliphatic heterocycles. The van der Waals surface area contributed by atoms with Gasteiger partial charge in [0.15, 0.2) is 0 Å². The third-order valence-electron chi connectivity index (χ3n) is 1.66. The molecule has 0 atom stereocenters. The summed E-state index contributed by atoms with van der Waals surface area (Å²) in [6, 6.07) is 9.76. The molecule has 76 valence electrons. The number of nitrogens with two attached hydrogens (primary N) is 1. The fourth-order valence-corrected chi connectivity index (χ4v) is 0.982. The molecule has 0 aliphatic carbocycles. The number of hydrogen-bond acceptors (Lipinski definition) is 4. The maximum Gasteiger partial charge on any atom is 0.138 e. The number of rotatable bonds is 4. The van der Waals surface area contributed by atoms with Gasteiger partial charge in [0.05, 0.1) is 6.54 Å². The van der Waals surface area contributed by atoms with Gasteiger partial charge >= 0.3 is 0 Å². The summed E-state index contributed by atoms with van der Waals surface area (Å²) in [5.74, 6) is 5.43. The smallest absolute Gasteiger partial charge is 0.138 e. The minimum Gasteiger partial charge on any atom is -0.388 e. The minimum atomic E-state index is -0.170. The Morgan fingerprint density at radius 1 is 1.36 bits per heavy atom. The molecule has 5 N–H and O–H groups in total. The van der Waals surface area contributed by atoms with Crippen molar-refractivity contribution in [1.82, 2.24) is 11.0 Å². The molecule has 0 amide bonds. The number of hydrazine groups is 2. The molecule has 1 aromatic rings. The Morgan fingerprint density at radius 2 is 2.07 bits per heavy atom. The number of hydrogen-bond donors (Lipinski definition) is 4. The summed E-state index contributed by atoms with van der Waals surface area (Å²) in [6.07, 6.45) is 0. The second-order valence-electron chi connectivity index (χ2n) is 2.68. The average molecular weight is 194 g/mol. The van der Waals surface area contributed by atoms with Gasteiger partial charge in [0.25, 0.3) is 0 Å². The first-order valence-electron chi connectivity index (χ1n) is 4.26. The van der Waals surface area contributed by atoms with Gasteiger partial charge < -0.3 is 5.11 Å². The minimum absolute atomic E-state index is 0.170. The molecular weight excluding hydrogens is 180 g/mol. The molecule has 0 heterocycles. The molecule has 0 saturated heterocycles. The van der Waals surface area contributed by atoms with Crippen molar-refractivity contribution in [2.45, 2.75) is 6.54 Å². The molecular formula is C9H14N4O. The van der Waals surface area contributed by atoms with Crippen molar-refractivity contribution in [1.29, 1.82) is 0 Å². The molecule has 0 unspecified atom stereocenters. The lowest BCUT2D eigenvalue weighted by Crippen LogP contribution is -2.43. The van der Waals surface area contributed by atoms with E-state index in [1.807, 2.05) is 30.3 Å². The molecule has 0 spiro atoms. The topological polar surface area (TPSA) is 82.7 Å². The molecule has 1 aromatic carbocycles. The molecule has 0 fully saturated rings. The molecule has 1 rings (SSSR count). The first-order valence-corrected chi connectivity index (χ1v) is 4.26. The van der Waals surface area contributed by atoms with Crippen LogP contribution < -0.4 is 16.8 Å². The lowest BCUT2D eigenvalue weighted by atomic mass is 10.2. The summed E-state index contributed by atoms with van der Waals surface area (Å²) < 4.78 is 0. The maximum absolute atomic E-state index is 8.85. The van der Waals surface area contributed by atoms with Gasteiger partial charge in [0, 0.05) is 0 Å². The van der Waals surface area contributed by atoms with E-state index in [1.54, 1.807) is 0 Å². The van der Waals surface area contributed by atoms with Crippen molar-refractivity contribution in [2.75, 3.05) is 6.61 Å². The van der Waals surface area contributed by atoms with Crippen molar-refractivity contribution in [3.63, 3.8) is 0 Å². The summed E-state index contributed by atoms with van der Waals surface area (Å²) >= 11 is 0. The average Bonchev–Trinajstić information content (AvgIpc) is 2.25. The Balaban J connectivity index is 2.52. The summed E-state index contributed by atoms with van der Waals surface area (Å²) in [5.41, 5.74) is 5.83. The molecule has 0 radical (unpaired) electrons. The number of benzene rings is 1. The summed E-state index contributed by atoms with van der Waals surface area (Å²) in [4.78, 5) is 4.12. The lowest BCUT2D eigenvalue weighted by molar-refractivity contribution is 0.350. The van der Waals surface area contributed by atoms with Crippen LogP contribution in [0.25, 0.3) is 0 Å². The largest absolute Gasteiger partial charge is 0.388 e. The van der Waals surface area contributed by atoms with E-state index in [-0.39, 0.29) is 6.61 Å². The highest BCUT2D eigenvalue weighted by molar-refractivity contribution is 5.82. The van der Waals surface area contributed by atoms with Gasteiger partial charge in [0.1, 0.15) is 12.4 Å². The zero-order valence-corrected chi connectivity index (χ0v) is 7.77. The van der Waals surface area contributed by atoms with E-state index < -0.39 is 0 Å². The normalized spacial score (nSPS) is 11.4. The lowest BCUT2D eigenvalue weighted by Gasteiger charge is -2.04. The molecule has 5 heteroatoms. The van der Waals surface area contributed by atoms with Crippen LogP contribution in [0.4, 0.5) is 0 Å². The van der Waals surface area contributed by atoms with Crippen LogP contribution in [-0.4, -0.2) is 17.5 Å². The van der Waals surface area contributed by atoms with E-state index in [0.717, 1.165) is 5.56 Å².